The van der Waals surface area contributed by atoms with Crippen molar-refractivity contribution in [3.05, 3.63) is 111 Å². The van der Waals surface area contributed by atoms with E-state index in [1.165, 1.54) is 36.9 Å². The Morgan fingerprint density at radius 3 is 2.17 bits per heavy atom. The summed E-state index contributed by atoms with van der Waals surface area (Å²) >= 11 is 0. The molecule has 13 heteroatoms. The third kappa shape index (κ3) is 6.10. The zero-order valence-corrected chi connectivity index (χ0v) is 25.7. The summed E-state index contributed by atoms with van der Waals surface area (Å²) in [6.07, 6.45) is -4.68. The standard InChI is InChI=1S/C34H32F3N5O5/c1-20-29(21(2)43)30(23-12-10-22(11-13-23)26-19-38-26)31(33(45)41(20)25-7-5-6-24(18-25)34(35,36)37)32(44)40-16-14-39(15-17-40)27-8-3-4-9-28(27)42(46)47/h3-13,18,26,30-31,38H,14-17,19H2,1-2H3/t26-,30?,31?/m1/s1. The highest BCUT2D eigenvalue weighted by atomic mass is 19.4. The van der Waals surface area contributed by atoms with Crippen LogP contribution < -0.4 is 15.1 Å². The predicted molar refractivity (Wildman–Crippen MR) is 168 cm³/mol. The number of nitrogens with zero attached hydrogens (tertiary/aromatic N) is 4. The Kier molecular flexibility index (Phi) is 8.35. The van der Waals surface area contributed by atoms with E-state index in [0.29, 0.717) is 11.3 Å². The molecule has 0 aliphatic carbocycles. The van der Waals surface area contributed by atoms with Crippen LogP contribution in [0.4, 0.5) is 30.2 Å². The number of rotatable bonds is 7. The number of carbonyl (C=O) groups excluding carboxylic acids is 3. The molecule has 0 bridgehead atoms. The van der Waals surface area contributed by atoms with Crippen LogP contribution in [0.5, 0.6) is 0 Å². The number of para-hydroxylation sites is 2. The summed E-state index contributed by atoms with van der Waals surface area (Å²) in [7, 11) is 0. The minimum atomic E-state index is -4.68. The van der Waals surface area contributed by atoms with Crippen molar-refractivity contribution in [2.75, 3.05) is 42.5 Å². The number of nitrogens with one attached hydrogen (secondary N) is 1. The van der Waals surface area contributed by atoms with E-state index < -0.39 is 46.1 Å². The van der Waals surface area contributed by atoms with Crippen LogP contribution in [0.15, 0.2) is 84.1 Å². The lowest BCUT2D eigenvalue weighted by atomic mass is 9.73. The van der Waals surface area contributed by atoms with Gasteiger partial charge in [0.25, 0.3) is 5.69 Å². The SMILES string of the molecule is CC(=O)C1=C(C)N(c2cccc(C(F)(F)F)c2)C(=O)C(C(=O)N2CCN(c3ccccc3[N+](=O)[O-])CC2)C1c1ccc([C@H]2CN2)cc1. The highest BCUT2D eigenvalue weighted by molar-refractivity contribution is 6.15. The van der Waals surface area contributed by atoms with Crippen LogP contribution in [-0.2, 0) is 20.6 Å². The Labute approximate surface area is 268 Å². The van der Waals surface area contributed by atoms with E-state index >= 15 is 0 Å². The summed E-state index contributed by atoms with van der Waals surface area (Å²) in [4.78, 5) is 57.8. The van der Waals surface area contributed by atoms with Crippen molar-refractivity contribution in [3.8, 4) is 0 Å². The van der Waals surface area contributed by atoms with Gasteiger partial charge in [-0.05, 0) is 49.2 Å². The molecule has 2 saturated heterocycles. The molecule has 6 rings (SSSR count). The molecule has 244 valence electrons. The molecule has 3 aliphatic heterocycles. The predicted octanol–water partition coefficient (Wildman–Crippen LogP) is 5.22. The van der Waals surface area contributed by atoms with Gasteiger partial charge in [-0.1, -0.05) is 42.5 Å². The topological polar surface area (TPSA) is 126 Å². The molecule has 0 spiro atoms. The maximum atomic E-state index is 14.5. The summed E-state index contributed by atoms with van der Waals surface area (Å²) < 4.78 is 41.1. The molecular weight excluding hydrogens is 615 g/mol. The molecule has 1 N–H and O–H groups in total. The van der Waals surface area contributed by atoms with E-state index in [1.54, 1.807) is 35.2 Å². The summed E-state index contributed by atoms with van der Waals surface area (Å²) in [6, 6.07) is 18.1. The van der Waals surface area contributed by atoms with E-state index in [1.807, 2.05) is 12.1 Å². The Morgan fingerprint density at radius 1 is 0.936 bits per heavy atom. The number of alkyl halides is 3. The quantitative estimate of drug-likeness (QED) is 0.161. The fourth-order valence-electron chi connectivity index (χ4n) is 6.66. The van der Waals surface area contributed by atoms with Crippen molar-refractivity contribution in [3.63, 3.8) is 0 Å². The summed E-state index contributed by atoms with van der Waals surface area (Å²) in [5, 5.41) is 14.8. The number of amides is 2. The number of allylic oxidation sites excluding steroid dienone is 2. The number of piperazine rings is 1. The third-order valence-electron chi connectivity index (χ3n) is 9.05. The molecule has 3 aromatic rings. The van der Waals surface area contributed by atoms with Crippen LogP contribution in [0.3, 0.4) is 0 Å². The largest absolute Gasteiger partial charge is 0.416 e. The van der Waals surface area contributed by atoms with Gasteiger partial charge in [0.1, 0.15) is 11.6 Å². The number of anilines is 2. The lowest BCUT2D eigenvalue weighted by Gasteiger charge is -2.43. The van der Waals surface area contributed by atoms with Gasteiger partial charge in [-0.25, -0.2) is 0 Å². The molecule has 2 fully saturated rings. The molecule has 10 nitrogen and oxygen atoms in total. The van der Waals surface area contributed by atoms with Gasteiger partial charge in [0.05, 0.1) is 10.5 Å². The van der Waals surface area contributed by atoms with Crippen molar-refractivity contribution in [1.29, 1.82) is 0 Å². The normalized spacial score (nSPS) is 21.6. The molecule has 2 unspecified atom stereocenters. The van der Waals surface area contributed by atoms with E-state index in [-0.39, 0.29) is 54.9 Å². The zero-order valence-electron chi connectivity index (χ0n) is 25.7. The van der Waals surface area contributed by atoms with Crippen LogP contribution in [0.1, 0.15) is 42.5 Å². The van der Waals surface area contributed by atoms with Gasteiger partial charge in [-0.15, -0.1) is 0 Å². The van der Waals surface area contributed by atoms with Gasteiger partial charge < -0.3 is 15.1 Å². The van der Waals surface area contributed by atoms with Crippen LogP contribution in [0, 0.1) is 16.0 Å². The highest BCUT2D eigenvalue weighted by Gasteiger charge is 2.49. The van der Waals surface area contributed by atoms with Crippen molar-refractivity contribution >= 4 is 34.7 Å². The van der Waals surface area contributed by atoms with E-state index in [2.05, 4.69) is 5.32 Å². The van der Waals surface area contributed by atoms with Gasteiger partial charge in [0, 0.05) is 67.7 Å². The second-order valence-electron chi connectivity index (χ2n) is 11.9. The second-order valence-corrected chi connectivity index (χ2v) is 11.9. The molecule has 47 heavy (non-hydrogen) atoms. The Morgan fingerprint density at radius 2 is 1.57 bits per heavy atom. The third-order valence-corrected chi connectivity index (χ3v) is 9.05. The summed E-state index contributed by atoms with van der Waals surface area (Å²) in [5.74, 6) is -4.16. The molecule has 0 radical (unpaired) electrons. The van der Waals surface area contributed by atoms with Crippen LogP contribution >= 0.6 is 0 Å². The molecule has 3 atom stereocenters. The number of ketones is 1. The van der Waals surface area contributed by atoms with Crippen molar-refractivity contribution in [2.45, 2.75) is 32.0 Å². The average molecular weight is 648 g/mol. The number of hydrogen-bond acceptors (Lipinski definition) is 7. The van der Waals surface area contributed by atoms with Crippen LogP contribution in [0.2, 0.25) is 0 Å². The van der Waals surface area contributed by atoms with Gasteiger partial charge in [-0.2, -0.15) is 13.2 Å². The van der Waals surface area contributed by atoms with E-state index in [4.69, 9.17) is 0 Å². The Bertz CT molecular complexity index is 1780. The molecular formula is C34H32F3N5O5. The monoisotopic (exact) mass is 647 g/mol. The fraction of sp³-hybridized carbons (Fsp3) is 0.324. The smallest absolute Gasteiger partial charge is 0.362 e. The second kappa shape index (κ2) is 12.3. The molecule has 3 aliphatic rings. The van der Waals surface area contributed by atoms with E-state index in [9.17, 15) is 37.7 Å². The average Bonchev–Trinajstić information content (AvgIpc) is 3.90. The first kappa shape index (κ1) is 31.9. The summed E-state index contributed by atoms with van der Waals surface area (Å²) in [6.45, 7) is 4.42. The molecule has 0 aromatic heterocycles. The van der Waals surface area contributed by atoms with E-state index in [0.717, 1.165) is 29.1 Å². The van der Waals surface area contributed by atoms with Gasteiger partial charge in [-0.3, -0.25) is 29.4 Å². The first-order valence-electron chi connectivity index (χ1n) is 15.2. The summed E-state index contributed by atoms with van der Waals surface area (Å²) in [5.41, 5.74) is 1.17. The molecule has 0 saturated carbocycles. The zero-order chi connectivity index (χ0) is 33.6. The van der Waals surface area contributed by atoms with Crippen molar-refractivity contribution < 1.29 is 32.5 Å². The maximum absolute atomic E-state index is 14.5. The molecule has 3 aromatic carbocycles. The minimum absolute atomic E-state index is 0.0666. The Hall–Kier alpha value is -5.04. The first-order valence-corrected chi connectivity index (χ1v) is 15.2. The number of hydrogen-bond donors (Lipinski definition) is 1. The number of carbonyl (C=O) groups is 3. The molecule has 3 heterocycles. The van der Waals surface area contributed by atoms with Gasteiger partial charge in [0.2, 0.25) is 11.8 Å². The first-order chi connectivity index (χ1) is 22.4. The lowest BCUT2D eigenvalue weighted by Crippen LogP contribution is -2.56. The number of benzene rings is 3. The van der Waals surface area contributed by atoms with Crippen LogP contribution in [0.25, 0.3) is 0 Å². The minimum Gasteiger partial charge on any atom is -0.362 e. The number of nitro benzene ring substituents is 1. The molecule has 2 amide bonds. The van der Waals surface area contributed by atoms with Gasteiger partial charge >= 0.3 is 6.18 Å². The van der Waals surface area contributed by atoms with Crippen LogP contribution in [-0.4, -0.2) is 60.1 Å². The lowest BCUT2D eigenvalue weighted by molar-refractivity contribution is -0.384. The number of nitro groups is 1. The highest BCUT2D eigenvalue weighted by Crippen LogP contribution is 2.45. The fourth-order valence-corrected chi connectivity index (χ4v) is 6.66. The van der Waals surface area contributed by atoms with Crippen molar-refractivity contribution in [1.82, 2.24) is 10.2 Å². The number of Topliss-reactive ketones (excluding diaryl/α,β-unsaturated/α-hetero) is 1. The van der Waals surface area contributed by atoms with Crippen molar-refractivity contribution in [2.24, 2.45) is 5.92 Å². The van der Waals surface area contributed by atoms with Gasteiger partial charge in [0.15, 0.2) is 5.78 Å². The number of halogens is 3. The Balaban J connectivity index is 1.39. The maximum Gasteiger partial charge on any atom is 0.416 e.